The summed E-state index contributed by atoms with van der Waals surface area (Å²) in [5.41, 5.74) is 8.09. The van der Waals surface area contributed by atoms with E-state index in [0.717, 1.165) is 18.6 Å². The lowest BCUT2D eigenvalue weighted by Crippen LogP contribution is -1.92. The quantitative estimate of drug-likeness (QED) is 0.704. The molecule has 0 heterocycles. The smallest absolute Gasteiger partial charge is 0.118 e. The van der Waals surface area contributed by atoms with Crippen molar-refractivity contribution in [2.75, 3.05) is 7.11 Å². The Balaban J connectivity index is 2.08. The average molecular weight is 264 g/mol. The van der Waals surface area contributed by atoms with Crippen LogP contribution in [0.4, 0.5) is 0 Å². The fourth-order valence-corrected chi connectivity index (χ4v) is 2.29. The lowest BCUT2D eigenvalue weighted by molar-refractivity contribution is 0.414. The van der Waals surface area contributed by atoms with Gasteiger partial charge in [0, 0.05) is 5.57 Å². The largest absolute Gasteiger partial charge is 0.497 e. The predicted octanol–water partition coefficient (Wildman–Crippen LogP) is 4.80. The molecule has 0 aliphatic heterocycles. The first-order valence-corrected chi connectivity index (χ1v) is 6.82. The number of methoxy groups -OCH3 is 1. The summed E-state index contributed by atoms with van der Waals surface area (Å²) in [7, 11) is 1.69. The monoisotopic (exact) mass is 264 g/mol. The van der Waals surface area contributed by atoms with Crippen LogP contribution in [-0.2, 0) is 6.42 Å². The minimum absolute atomic E-state index is 0.896. The molecule has 2 rings (SSSR count). The Kier molecular flexibility index (Phi) is 4.81. The van der Waals surface area contributed by atoms with Crippen molar-refractivity contribution in [3.8, 4) is 5.75 Å². The van der Waals surface area contributed by atoms with Crippen molar-refractivity contribution in [1.82, 2.24) is 0 Å². The summed E-state index contributed by atoms with van der Waals surface area (Å²) >= 11 is 0. The fourth-order valence-electron chi connectivity index (χ4n) is 2.29. The molecule has 0 N–H and O–H groups in total. The number of benzene rings is 2. The molecule has 0 radical (unpaired) electrons. The first-order valence-electron chi connectivity index (χ1n) is 6.82. The number of allylic oxidation sites excluding steroid dienone is 1. The summed E-state index contributed by atoms with van der Waals surface area (Å²) in [5, 5.41) is 0. The van der Waals surface area contributed by atoms with Crippen LogP contribution >= 0.6 is 0 Å². The molecular formula is C19H20O. The zero-order valence-electron chi connectivity index (χ0n) is 12.1. The summed E-state index contributed by atoms with van der Waals surface area (Å²) in [6.07, 6.45) is 1.93. The molecule has 1 nitrogen and oxygen atoms in total. The highest BCUT2D eigenvalue weighted by atomic mass is 16.5. The number of hydrogen-bond donors (Lipinski definition) is 0. The van der Waals surface area contributed by atoms with E-state index in [0.29, 0.717) is 0 Å². The highest BCUT2D eigenvalue weighted by Gasteiger charge is 2.04. The zero-order valence-corrected chi connectivity index (χ0v) is 12.1. The van der Waals surface area contributed by atoms with Gasteiger partial charge in [0.2, 0.25) is 0 Å². The Morgan fingerprint density at radius 2 is 1.80 bits per heavy atom. The zero-order chi connectivity index (χ0) is 14.4. The molecule has 0 unspecified atom stereocenters. The lowest BCUT2D eigenvalue weighted by Gasteiger charge is -2.09. The van der Waals surface area contributed by atoms with Crippen molar-refractivity contribution < 1.29 is 4.74 Å². The van der Waals surface area contributed by atoms with Crippen LogP contribution in [0.2, 0.25) is 0 Å². The standard InChI is InChI=1S/C19H20O/c1-4-17(19-8-6-5-7-15(19)2)12-9-16-10-13-18(20-3)14-11-16/h5-8,10-11,13-14H,1,9,12H2,2-3H3. The molecule has 20 heavy (non-hydrogen) atoms. The van der Waals surface area contributed by atoms with Crippen molar-refractivity contribution >= 4 is 5.57 Å². The topological polar surface area (TPSA) is 9.23 Å². The molecule has 2 aromatic carbocycles. The van der Waals surface area contributed by atoms with Crippen LogP contribution in [0.15, 0.2) is 60.8 Å². The van der Waals surface area contributed by atoms with E-state index in [4.69, 9.17) is 4.74 Å². The molecule has 0 aliphatic rings. The maximum absolute atomic E-state index is 5.17. The van der Waals surface area contributed by atoms with Gasteiger partial charge < -0.3 is 4.74 Å². The van der Waals surface area contributed by atoms with Gasteiger partial charge in [0.05, 0.1) is 7.11 Å². The van der Waals surface area contributed by atoms with Gasteiger partial charge in [-0.3, -0.25) is 0 Å². The highest BCUT2D eigenvalue weighted by Crippen LogP contribution is 2.23. The maximum Gasteiger partial charge on any atom is 0.118 e. The van der Waals surface area contributed by atoms with Gasteiger partial charge in [0.1, 0.15) is 5.75 Å². The Bertz CT molecular complexity index is 616. The molecule has 0 aromatic heterocycles. The minimum atomic E-state index is 0.896. The van der Waals surface area contributed by atoms with Gasteiger partial charge in [0.15, 0.2) is 0 Å². The summed E-state index contributed by atoms with van der Waals surface area (Å²) < 4.78 is 5.17. The number of ether oxygens (including phenoxy) is 1. The summed E-state index contributed by atoms with van der Waals surface area (Å²) in [6, 6.07) is 16.6. The molecule has 0 atom stereocenters. The first-order chi connectivity index (χ1) is 9.74. The van der Waals surface area contributed by atoms with Crippen LogP contribution in [0.1, 0.15) is 23.1 Å². The second kappa shape index (κ2) is 6.79. The summed E-state index contributed by atoms with van der Waals surface area (Å²) in [4.78, 5) is 0. The lowest BCUT2D eigenvalue weighted by atomic mass is 9.96. The highest BCUT2D eigenvalue weighted by molar-refractivity contribution is 5.67. The van der Waals surface area contributed by atoms with Gasteiger partial charge in [-0.2, -0.15) is 0 Å². The Hall–Kier alpha value is -2.24. The SMILES string of the molecule is C=C=C(CCc1ccc(OC)cc1)c1ccccc1C. The van der Waals surface area contributed by atoms with E-state index in [1.165, 1.54) is 22.3 Å². The molecule has 0 aliphatic carbocycles. The van der Waals surface area contributed by atoms with E-state index in [1.54, 1.807) is 7.11 Å². The number of aryl methyl sites for hydroxylation is 2. The normalized spacial score (nSPS) is 9.90. The van der Waals surface area contributed by atoms with E-state index >= 15 is 0 Å². The van der Waals surface area contributed by atoms with E-state index in [-0.39, 0.29) is 0 Å². The second-order valence-electron chi connectivity index (χ2n) is 4.82. The van der Waals surface area contributed by atoms with E-state index in [1.807, 2.05) is 12.1 Å². The number of hydrogen-bond acceptors (Lipinski definition) is 1. The fraction of sp³-hybridized carbons (Fsp3) is 0.211. The Morgan fingerprint density at radius 3 is 2.40 bits per heavy atom. The van der Waals surface area contributed by atoms with Gasteiger partial charge in [0.25, 0.3) is 0 Å². The molecular weight excluding hydrogens is 244 g/mol. The molecule has 0 amide bonds. The van der Waals surface area contributed by atoms with Crippen LogP contribution in [0.3, 0.4) is 0 Å². The Morgan fingerprint density at radius 1 is 1.10 bits per heavy atom. The van der Waals surface area contributed by atoms with Gasteiger partial charge >= 0.3 is 0 Å². The minimum Gasteiger partial charge on any atom is -0.497 e. The van der Waals surface area contributed by atoms with Gasteiger partial charge in [-0.25, -0.2) is 0 Å². The van der Waals surface area contributed by atoms with Crippen LogP contribution in [-0.4, -0.2) is 7.11 Å². The van der Waals surface area contributed by atoms with E-state index in [2.05, 4.69) is 55.6 Å². The van der Waals surface area contributed by atoms with Crippen LogP contribution in [0.5, 0.6) is 5.75 Å². The molecule has 2 aromatic rings. The molecule has 0 bridgehead atoms. The molecule has 0 spiro atoms. The van der Waals surface area contributed by atoms with Crippen LogP contribution < -0.4 is 4.74 Å². The third kappa shape index (κ3) is 3.40. The van der Waals surface area contributed by atoms with E-state index < -0.39 is 0 Å². The van der Waals surface area contributed by atoms with Crippen LogP contribution in [0, 0.1) is 6.92 Å². The third-order valence-corrected chi connectivity index (χ3v) is 3.51. The Labute approximate surface area is 121 Å². The van der Waals surface area contributed by atoms with Crippen molar-refractivity contribution in [3.63, 3.8) is 0 Å². The van der Waals surface area contributed by atoms with Crippen molar-refractivity contribution in [1.29, 1.82) is 0 Å². The predicted molar refractivity (Wildman–Crippen MR) is 85.0 cm³/mol. The first kappa shape index (κ1) is 14.2. The van der Waals surface area contributed by atoms with Gasteiger partial charge in [-0.1, -0.05) is 43.0 Å². The molecule has 0 saturated carbocycles. The molecule has 0 fully saturated rings. The van der Waals surface area contributed by atoms with E-state index in [9.17, 15) is 0 Å². The molecule has 1 heteroatoms. The van der Waals surface area contributed by atoms with Gasteiger partial charge in [-0.15, -0.1) is 5.73 Å². The molecule has 0 saturated heterocycles. The van der Waals surface area contributed by atoms with Crippen molar-refractivity contribution in [2.24, 2.45) is 0 Å². The van der Waals surface area contributed by atoms with Crippen molar-refractivity contribution in [3.05, 3.63) is 77.5 Å². The summed E-state index contributed by atoms with van der Waals surface area (Å²) in [5.74, 6) is 0.896. The number of rotatable bonds is 5. The average Bonchev–Trinajstić information content (AvgIpc) is 2.50. The van der Waals surface area contributed by atoms with Crippen LogP contribution in [0.25, 0.3) is 5.57 Å². The third-order valence-electron chi connectivity index (χ3n) is 3.51. The van der Waals surface area contributed by atoms with Gasteiger partial charge in [-0.05, 0) is 48.6 Å². The second-order valence-corrected chi connectivity index (χ2v) is 4.82. The summed E-state index contributed by atoms with van der Waals surface area (Å²) in [6.45, 7) is 5.96. The maximum atomic E-state index is 5.17. The van der Waals surface area contributed by atoms with Crippen molar-refractivity contribution in [2.45, 2.75) is 19.8 Å². The molecule has 102 valence electrons.